The normalized spacial score (nSPS) is 11.1. The number of aromatic nitrogens is 2. The number of amides is 1. The number of aromatic amines is 1. The molecule has 0 unspecified atom stereocenters. The molecule has 3 aromatic rings. The van der Waals surface area contributed by atoms with Gasteiger partial charge in [0.15, 0.2) is 0 Å². The van der Waals surface area contributed by atoms with Crippen LogP contribution in [0.15, 0.2) is 53.3 Å². The maximum absolute atomic E-state index is 12.5. The highest BCUT2D eigenvalue weighted by molar-refractivity contribution is 5.92. The maximum atomic E-state index is 12.5. The first-order valence-electron chi connectivity index (χ1n) is 9.62. The van der Waals surface area contributed by atoms with E-state index in [1.165, 1.54) is 0 Å². The predicted molar refractivity (Wildman–Crippen MR) is 112 cm³/mol. The Labute approximate surface area is 164 Å². The highest BCUT2D eigenvalue weighted by Crippen LogP contribution is 2.11. The summed E-state index contributed by atoms with van der Waals surface area (Å²) in [6.45, 7) is 5.52. The Hall–Kier alpha value is -2.99. The third kappa shape index (κ3) is 5.27. The summed E-state index contributed by atoms with van der Waals surface area (Å²) in [6.07, 6.45) is 1.99. The summed E-state index contributed by atoms with van der Waals surface area (Å²) in [6, 6.07) is 15.0. The number of anilines is 1. The number of hydrogen-bond donors (Lipinski definition) is 2. The smallest absolute Gasteiger partial charge is 0.258 e. The molecule has 2 aromatic carbocycles. The molecule has 0 bridgehead atoms. The highest BCUT2D eigenvalue weighted by atomic mass is 16.2. The molecule has 1 aromatic heterocycles. The Morgan fingerprint density at radius 3 is 2.79 bits per heavy atom. The zero-order valence-electron chi connectivity index (χ0n) is 16.4. The van der Waals surface area contributed by atoms with E-state index >= 15 is 0 Å². The first-order valence-corrected chi connectivity index (χ1v) is 9.62. The van der Waals surface area contributed by atoms with Crippen molar-refractivity contribution in [2.75, 3.05) is 18.4 Å². The number of H-pyrrole nitrogens is 1. The molecule has 1 heterocycles. The minimum atomic E-state index is -0.153. The summed E-state index contributed by atoms with van der Waals surface area (Å²) < 4.78 is 0. The number of hydrogen-bond acceptors (Lipinski definition) is 4. The van der Waals surface area contributed by atoms with E-state index in [4.69, 9.17) is 0 Å². The van der Waals surface area contributed by atoms with Gasteiger partial charge in [-0.05, 0) is 49.7 Å². The van der Waals surface area contributed by atoms with Crippen LogP contribution in [-0.4, -0.2) is 33.9 Å². The van der Waals surface area contributed by atoms with E-state index in [9.17, 15) is 9.59 Å². The van der Waals surface area contributed by atoms with Gasteiger partial charge in [-0.15, -0.1) is 0 Å². The molecule has 0 spiro atoms. The second kappa shape index (κ2) is 9.28. The van der Waals surface area contributed by atoms with Gasteiger partial charge in [-0.3, -0.25) is 14.5 Å². The van der Waals surface area contributed by atoms with Crippen LogP contribution in [0.1, 0.15) is 31.2 Å². The highest BCUT2D eigenvalue weighted by Gasteiger charge is 2.14. The molecule has 2 N–H and O–H groups in total. The molecule has 6 nitrogen and oxygen atoms in total. The molecule has 0 saturated heterocycles. The van der Waals surface area contributed by atoms with E-state index in [1.54, 1.807) is 6.07 Å². The van der Waals surface area contributed by atoms with Crippen LogP contribution in [-0.2, 0) is 11.3 Å². The van der Waals surface area contributed by atoms with E-state index in [2.05, 4.69) is 22.2 Å². The van der Waals surface area contributed by atoms with Crippen molar-refractivity contribution in [2.45, 2.75) is 33.2 Å². The van der Waals surface area contributed by atoms with Gasteiger partial charge in [0, 0.05) is 5.69 Å². The summed E-state index contributed by atoms with van der Waals surface area (Å²) in [5.74, 6) is 0.494. The largest absolute Gasteiger partial charge is 0.325 e. The average molecular weight is 378 g/mol. The van der Waals surface area contributed by atoms with Crippen molar-refractivity contribution in [3.05, 3.63) is 70.3 Å². The zero-order chi connectivity index (χ0) is 19.9. The number of fused-ring (bicyclic) bond motifs is 1. The van der Waals surface area contributed by atoms with Gasteiger partial charge in [-0.25, -0.2) is 4.98 Å². The lowest BCUT2D eigenvalue weighted by Gasteiger charge is -2.21. The molecule has 1 amide bonds. The quantitative estimate of drug-likeness (QED) is 0.629. The number of carbonyl (C=O) groups excluding carboxylic acids is 1. The second-order valence-electron chi connectivity index (χ2n) is 7.01. The summed E-state index contributed by atoms with van der Waals surface area (Å²) >= 11 is 0. The molecule has 0 aliphatic carbocycles. The van der Waals surface area contributed by atoms with E-state index in [-0.39, 0.29) is 18.0 Å². The van der Waals surface area contributed by atoms with Crippen LogP contribution >= 0.6 is 0 Å². The van der Waals surface area contributed by atoms with Gasteiger partial charge in [0.25, 0.3) is 5.56 Å². The molecule has 3 rings (SSSR count). The molecule has 6 heteroatoms. The summed E-state index contributed by atoms with van der Waals surface area (Å²) in [5, 5.41) is 3.52. The second-order valence-corrected chi connectivity index (χ2v) is 7.01. The first kappa shape index (κ1) is 19.8. The van der Waals surface area contributed by atoms with Crippen molar-refractivity contribution < 1.29 is 4.79 Å². The Morgan fingerprint density at radius 2 is 2.00 bits per heavy atom. The van der Waals surface area contributed by atoms with E-state index in [0.29, 0.717) is 23.3 Å². The lowest BCUT2D eigenvalue weighted by atomic mass is 10.2. The predicted octanol–water partition coefficient (Wildman–Crippen LogP) is 3.47. The number of carbonyl (C=O) groups is 1. The SMILES string of the molecule is CCCCN(CC(=O)Nc1cccc(C)c1)Cc1nc2ccccc2c(=O)[nH]1. The monoisotopic (exact) mass is 378 g/mol. The fourth-order valence-corrected chi connectivity index (χ4v) is 3.14. The zero-order valence-corrected chi connectivity index (χ0v) is 16.4. The van der Waals surface area contributed by atoms with Gasteiger partial charge in [0.2, 0.25) is 5.91 Å². The first-order chi connectivity index (χ1) is 13.5. The molecule has 28 heavy (non-hydrogen) atoms. The Morgan fingerprint density at radius 1 is 1.18 bits per heavy atom. The van der Waals surface area contributed by atoms with Gasteiger partial charge in [-0.2, -0.15) is 0 Å². The molecule has 0 atom stereocenters. The lowest BCUT2D eigenvalue weighted by molar-refractivity contribution is -0.117. The Kier molecular flexibility index (Phi) is 6.55. The van der Waals surface area contributed by atoms with Crippen LogP contribution in [0.4, 0.5) is 5.69 Å². The Balaban J connectivity index is 1.73. The van der Waals surface area contributed by atoms with E-state index in [1.807, 2.05) is 54.3 Å². The van der Waals surface area contributed by atoms with Gasteiger partial charge < -0.3 is 10.3 Å². The molecular formula is C22H26N4O2. The van der Waals surface area contributed by atoms with Crippen molar-refractivity contribution in [1.82, 2.24) is 14.9 Å². The van der Waals surface area contributed by atoms with Gasteiger partial charge >= 0.3 is 0 Å². The molecule has 0 fully saturated rings. The van der Waals surface area contributed by atoms with Crippen molar-refractivity contribution in [3.8, 4) is 0 Å². The van der Waals surface area contributed by atoms with Gasteiger partial charge in [-0.1, -0.05) is 37.6 Å². The van der Waals surface area contributed by atoms with E-state index < -0.39 is 0 Å². The molecule has 0 saturated carbocycles. The van der Waals surface area contributed by atoms with Crippen LogP contribution < -0.4 is 10.9 Å². The standard InChI is InChI=1S/C22H26N4O2/c1-3-4-12-26(15-21(27)23-17-9-7-8-16(2)13-17)14-20-24-19-11-6-5-10-18(19)22(28)25-20/h5-11,13H,3-4,12,14-15H2,1-2H3,(H,23,27)(H,24,25,28). The van der Waals surface area contributed by atoms with E-state index in [0.717, 1.165) is 30.6 Å². The van der Waals surface area contributed by atoms with Crippen LogP contribution in [0, 0.1) is 6.92 Å². The van der Waals surface area contributed by atoms with Gasteiger partial charge in [0.05, 0.1) is 24.0 Å². The summed E-state index contributed by atoms with van der Waals surface area (Å²) in [7, 11) is 0. The number of nitrogens with zero attached hydrogens (tertiary/aromatic N) is 2. The number of aryl methyl sites for hydroxylation is 1. The fraction of sp³-hybridized carbons (Fsp3) is 0.318. The summed E-state index contributed by atoms with van der Waals surface area (Å²) in [5.41, 5.74) is 2.40. The van der Waals surface area contributed by atoms with Crippen molar-refractivity contribution in [3.63, 3.8) is 0 Å². The molecule has 0 aliphatic rings. The summed E-state index contributed by atoms with van der Waals surface area (Å²) in [4.78, 5) is 34.2. The van der Waals surface area contributed by atoms with Crippen molar-refractivity contribution >= 4 is 22.5 Å². The van der Waals surface area contributed by atoms with Crippen molar-refractivity contribution in [1.29, 1.82) is 0 Å². The van der Waals surface area contributed by atoms with Crippen LogP contribution in [0.3, 0.4) is 0 Å². The number of rotatable bonds is 8. The topological polar surface area (TPSA) is 78.1 Å². The van der Waals surface area contributed by atoms with Gasteiger partial charge in [0.1, 0.15) is 5.82 Å². The molecule has 146 valence electrons. The maximum Gasteiger partial charge on any atom is 0.258 e. The number of nitrogens with one attached hydrogen (secondary N) is 2. The third-order valence-corrected chi connectivity index (χ3v) is 4.53. The fourth-order valence-electron chi connectivity index (χ4n) is 3.14. The minimum absolute atomic E-state index is 0.0789. The average Bonchev–Trinajstić information content (AvgIpc) is 2.66. The minimum Gasteiger partial charge on any atom is -0.325 e. The van der Waals surface area contributed by atoms with Crippen molar-refractivity contribution in [2.24, 2.45) is 0 Å². The van der Waals surface area contributed by atoms with Crippen LogP contribution in [0.25, 0.3) is 10.9 Å². The van der Waals surface area contributed by atoms with Crippen LogP contribution in [0.2, 0.25) is 0 Å². The lowest BCUT2D eigenvalue weighted by Crippen LogP contribution is -2.34. The number of unbranched alkanes of at least 4 members (excludes halogenated alkanes) is 1. The number of benzene rings is 2. The third-order valence-electron chi connectivity index (χ3n) is 4.53. The van der Waals surface area contributed by atoms with Crippen LogP contribution in [0.5, 0.6) is 0 Å². The molecule has 0 radical (unpaired) electrons. The number of para-hydroxylation sites is 1. The molecular weight excluding hydrogens is 352 g/mol. The Bertz CT molecular complexity index is 1010. The molecule has 0 aliphatic heterocycles.